The third kappa shape index (κ3) is 3.74. The van der Waals surface area contributed by atoms with E-state index in [1.165, 1.54) is 32.0 Å². The third-order valence-electron chi connectivity index (χ3n) is 3.54. The van der Waals surface area contributed by atoms with Crippen molar-refractivity contribution in [3.8, 4) is 16.9 Å². The molecule has 2 aromatic heterocycles. The maximum atomic E-state index is 13.7. The monoisotopic (exact) mass is 374 g/mol. The molecule has 0 amide bonds. The van der Waals surface area contributed by atoms with Crippen LogP contribution in [0.4, 0.5) is 22.0 Å². The van der Waals surface area contributed by atoms with Crippen LogP contribution in [-0.4, -0.2) is 15.7 Å². The lowest BCUT2D eigenvalue weighted by atomic mass is 10.1. The second kappa shape index (κ2) is 5.95. The van der Waals surface area contributed by atoms with Crippen molar-refractivity contribution >= 4 is 14.8 Å². The van der Waals surface area contributed by atoms with E-state index < -0.39 is 17.9 Å². The number of benzene rings is 1. The highest BCUT2D eigenvalue weighted by atomic mass is 31.0. The number of aryl methyl sites for hydroxylation is 1. The molecular formula is C16H12F5N2OP. The number of alkyl halides is 5. The fourth-order valence-electron chi connectivity index (χ4n) is 2.50. The SMILES string of the molecule is Cc1nc(C(F)(F)P)n2cc(-c3ccc(OC(F)(F)F)cc3)ccc12. The Kier molecular flexibility index (Phi) is 4.19. The number of nitrogens with zero attached hydrogens (tertiary/aromatic N) is 2. The molecule has 3 nitrogen and oxygen atoms in total. The minimum absolute atomic E-state index is 0.354. The van der Waals surface area contributed by atoms with Crippen LogP contribution >= 0.6 is 9.24 Å². The molecule has 2 heterocycles. The van der Waals surface area contributed by atoms with E-state index in [0.29, 0.717) is 22.3 Å². The van der Waals surface area contributed by atoms with Gasteiger partial charge < -0.3 is 4.74 Å². The van der Waals surface area contributed by atoms with Crippen LogP contribution in [-0.2, 0) is 5.66 Å². The smallest absolute Gasteiger partial charge is 0.406 e. The van der Waals surface area contributed by atoms with Gasteiger partial charge in [-0.1, -0.05) is 27.4 Å². The fourth-order valence-corrected chi connectivity index (χ4v) is 2.70. The number of imidazole rings is 1. The van der Waals surface area contributed by atoms with Crippen molar-refractivity contribution in [1.29, 1.82) is 0 Å². The molecule has 9 heteroatoms. The normalized spacial score (nSPS) is 12.6. The number of aromatic nitrogens is 2. The first-order valence-electron chi connectivity index (χ1n) is 7.07. The van der Waals surface area contributed by atoms with Crippen molar-refractivity contribution in [3.63, 3.8) is 0 Å². The lowest BCUT2D eigenvalue weighted by Crippen LogP contribution is -2.16. The number of halogens is 5. The molecule has 0 saturated carbocycles. The van der Waals surface area contributed by atoms with Crippen LogP contribution in [0.3, 0.4) is 0 Å². The summed E-state index contributed by atoms with van der Waals surface area (Å²) in [6.07, 6.45) is -3.30. The Balaban J connectivity index is 2.02. The van der Waals surface area contributed by atoms with Gasteiger partial charge in [-0.25, -0.2) is 4.98 Å². The summed E-state index contributed by atoms with van der Waals surface area (Å²) in [6.45, 7) is 1.62. The van der Waals surface area contributed by atoms with Crippen molar-refractivity contribution in [2.45, 2.75) is 18.9 Å². The maximum Gasteiger partial charge on any atom is 0.573 e. The first kappa shape index (κ1) is 17.6. The number of ether oxygens (including phenoxy) is 1. The summed E-state index contributed by atoms with van der Waals surface area (Å²) in [4.78, 5) is 3.90. The van der Waals surface area contributed by atoms with Gasteiger partial charge in [-0.15, -0.1) is 13.2 Å². The molecule has 1 unspecified atom stereocenters. The van der Waals surface area contributed by atoms with E-state index in [-0.39, 0.29) is 5.75 Å². The summed E-state index contributed by atoms with van der Waals surface area (Å²) in [5, 5.41) is 0. The predicted molar refractivity (Wildman–Crippen MR) is 85.7 cm³/mol. The van der Waals surface area contributed by atoms with Gasteiger partial charge in [-0.05, 0) is 36.2 Å². The van der Waals surface area contributed by atoms with E-state index in [9.17, 15) is 22.0 Å². The summed E-state index contributed by atoms with van der Waals surface area (Å²) in [7, 11) is 1.44. The van der Waals surface area contributed by atoms with Crippen LogP contribution in [0.25, 0.3) is 16.6 Å². The molecule has 1 atom stereocenters. The zero-order valence-electron chi connectivity index (χ0n) is 12.8. The predicted octanol–water partition coefficient (Wildman–Crippen LogP) is 5.13. The van der Waals surface area contributed by atoms with Gasteiger partial charge in [0.25, 0.3) is 0 Å². The molecule has 0 aliphatic carbocycles. The molecule has 3 rings (SSSR count). The highest BCUT2D eigenvalue weighted by Crippen LogP contribution is 2.36. The van der Waals surface area contributed by atoms with E-state index in [0.717, 1.165) is 12.1 Å². The summed E-state index contributed by atoms with van der Waals surface area (Å²) >= 11 is 0. The van der Waals surface area contributed by atoms with Gasteiger partial charge in [0.2, 0.25) is 0 Å². The Morgan fingerprint density at radius 2 is 1.56 bits per heavy atom. The first-order valence-corrected chi connectivity index (χ1v) is 7.64. The van der Waals surface area contributed by atoms with Gasteiger partial charge in [0.15, 0.2) is 5.82 Å². The average Bonchev–Trinajstić information content (AvgIpc) is 2.83. The second-order valence-electron chi connectivity index (χ2n) is 5.39. The molecule has 132 valence electrons. The fraction of sp³-hybridized carbons (Fsp3) is 0.188. The zero-order chi connectivity index (χ0) is 18.4. The Morgan fingerprint density at radius 1 is 0.960 bits per heavy atom. The third-order valence-corrected chi connectivity index (χ3v) is 3.80. The minimum atomic E-state index is -4.77. The van der Waals surface area contributed by atoms with Gasteiger partial charge in [-0.2, -0.15) is 8.78 Å². The van der Waals surface area contributed by atoms with E-state index >= 15 is 0 Å². The molecule has 1 aromatic carbocycles. The summed E-state index contributed by atoms with van der Waals surface area (Å²) < 4.78 is 69.1. The van der Waals surface area contributed by atoms with Crippen LogP contribution in [0.1, 0.15) is 11.5 Å². The van der Waals surface area contributed by atoms with Crippen LogP contribution < -0.4 is 4.74 Å². The van der Waals surface area contributed by atoms with Gasteiger partial charge in [-0.3, -0.25) is 4.40 Å². The largest absolute Gasteiger partial charge is 0.573 e. The van der Waals surface area contributed by atoms with Crippen LogP contribution in [0.2, 0.25) is 0 Å². The van der Waals surface area contributed by atoms with Gasteiger partial charge in [0.1, 0.15) is 5.75 Å². The van der Waals surface area contributed by atoms with E-state index in [4.69, 9.17) is 0 Å². The molecule has 0 saturated heterocycles. The van der Waals surface area contributed by atoms with Crippen molar-refractivity contribution in [1.82, 2.24) is 9.38 Å². The molecule has 0 fully saturated rings. The number of fused-ring (bicyclic) bond motifs is 1. The summed E-state index contributed by atoms with van der Waals surface area (Å²) in [6, 6.07) is 8.50. The van der Waals surface area contributed by atoms with Crippen LogP contribution in [0.5, 0.6) is 5.75 Å². The summed E-state index contributed by atoms with van der Waals surface area (Å²) in [5.41, 5.74) is -1.12. The molecule has 0 bridgehead atoms. The van der Waals surface area contributed by atoms with Crippen molar-refractivity contribution in [2.75, 3.05) is 0 Å². The van der Waals surface area contributed by atoms with E-state index in [2.05, 4.69) is 9.72 Å². The minimum Gasteiger partial charge on any atom is -0.406 e. The van der Waals surface area contributed by atoms with Gasteiger partial charge in [0, 0.05) is 6.20 Å². The van der Waals surface area contributed by atoms with Crippen molar-refractivity contribution in [3.05, 3.63) is 54.1 Å². The van der Waals surface area contributed by atoms with Crippen LogP contribution in [0.15, 0.2) is 42.6 Å². The van der Waals surface area contributed by atoms with Crippen molar-refractivity contribution in [2.24, 2.45) is 0 Å². The van der Waals surface area contributed by atoms with Crippen LogP contribution in [0, 0.1) is 6.92 Å². The quantitative estimate of drug-likeness (QED) is 0.469. The van der Waals surface area contributed by atoms with E-state index in [1.54, 1.807) is 19.1 Å². The van der Waals surface area contributed by atoms with E-state index in [1.807, 2.05) is 0 Å². The average molecular weight is 374 g/mol. The maximum absolute atomic E-state index is 13.7. The highest BCUT2D eigenvalue weighted by Gasteiger charge is 2.32. The molecule has 3 aromatic rings. The molecule has 0 N–H and O–H groups in total. The molecule has 0 aliphatic heterocycles. The zero-order valence-corrected chi connectivity index (χ0v) is 14.0. The molecule has 0 aliphatic rings. The number of hydrogen-bond donors (Lipinski definition) is 0. The van der Waals surface area contributed by atoms with Crippen molar-refractivity contribution < 1.29 is 26.7 Å². The Labute approximate surface area is 141 Å². The Hall–Kier alpha value is -2.21. The second-order valence-corrected chi connectivity index (χ2v) is 6.11. The standard InChI is InChI=1S/C16H12F5N2OP/c1-9-13-7-4-11(8-23(13)14(22-9)15(17,18)25)10-2-5-12(6-3-10)24-16(19,20)21/h2-8H,25H2,1H3. The Bertz CT molecular complexity index is 913. The summed E-state index contributed by atoms with van der Waals surface area (Å²) in [5.74, 6) is -0.781. The lowest BCUT2D eigenvalue weighted by Gasteiger charge is -2.11. The number of rotatable bonds is 3. The van der Waals surface area contributed by atoms with Gasteiger partial charge >= 0.3 is 12.0 Å². The Morgan fingerprint density at radius 3 is 2.12 bits per heavy atom. The molecular weight excluding hydrogens is 362 g/mol. The molecule has 0 radical (unpaired) electrons. The molecule has 0 spiro atoms. The topological polar surface area (TPSA) is 26.5 Å². The number of hydrogen-bond acceptors (Lipinski definition) is 2. The highest BCUT2D eigenvalue weighted by molar-refractivity contribution is 7.17. The molecule has 25 heavy (non-hydrogen) atoms. The first-order chi connectivity index (χ1) is 11.5. The number of pyridine rings is 1. The lowest BCUT2D eigenvalue weighted by molar-refractivity contribution is -0.274. The van der Waals surface area contributed by atoms with Gasteiger partial charge in [0.05, 0.1) is 11.2 Å².